The highest BCUT2D eigenvalue weighted by Crippen LogP contribution is 2.35. The van der Waals surface area contributed by atoms with Crippen molar-refractivity contribution in [2.24, 2.45) is 0 Å². The zero-order valence-electron chi connectivity index (χ0n) is 13.8. The molecule has 0 amide bonds. The molecule has 0 aliphatic rings. The largest absolute Gasteiger partial charge is 0.485 e. The van der Waals surface area contributed by atoms with E-state index < -0.39 is 14.0 Å². The van der Waals surface area contributed by atoms with Gasteiger partial charge < -0.3 is 9.15 Å². The Morgan fingerprint density at radius 1 is 1.22 bits per heavy atom. The number of furan rings is 1. The monoisotopic (exact) mass is 409 g/mol. The Hall–Kier alpha value is -2.91. The van der Waals surface area contributed by atoms with E-state index in [0.717, 1.165) is 0 Å². The van der Waals surface area contributed by atoms with Gasteiger partial charge in [-0.3, -0.25) is 14.9 Å². The van der Waals surface area contributed by atoms with E-state index >= 15 is 0 Å². The highest BCUT2D eigenvalue weighted by Gasteiger charge is 2.22. The fraction of sp³-hybridized carbons (Fsp3) is 0.118. The van der Waals surface area contributed by atoms with Gasteiger partial charge in [-0.1, -0.05) is 0 Å². The molecule has 0 aliphatic carbocycles. The van der Waals surface area contributed by atoms with E-state index in [1.165, 1.54) is 49.4 Å². The molecule has 0 N–H and O–H groups in total. The maximum atomic E-state index is 11.7. The quantitative estimate of drug-likeness (QED) is 0.261. The molecular weight excluding hydrogens is 398 g/mol. The van der Waals surface area contributed by atoms with E-state index in [0.29, 0.717) is 5.56 Å². The van der Waals surface area contributed by atoms with Gasteiger partial charge in [0.2, 0.25) is 0 Å². The fourth-order valence-electron chi connectivity index (χ4n) is 2.45. The van der Waals surface area contributed by atoms with Gasteiger partial charge in [0.1, 0.15) is 6.61 Å². The number of rotatable bonds is 6. The molecule has 0 bridgehead atoms. The Labute approximate surface area is 157 Å². The van der Waals surface area contributed by atoms with Crippen molar-refractivity contribution in [3.63, 3.8) is 0 Å². The summed E-state index contributed by atoms with van der Waals surface area (Å²) in [6.45, 7) is 1.33. The van der Waals surface area contributed by atoms with E-state index in [9.17, 15) is 23.3 Å². The Morgan fingerprint density at radius 2 is 1.89 bits per heavy atom. The minimum absolute atomic E-state index is 0.0297. The molecule has 0 fully saturated rings. The summed E-state index contributed by atoms with van der Waals surface area (Å²) in [6.07, 6.45) is 0. The third-order valence-corrected chi connectivity index (χ3v) is 5.14. The average Bonchev–Trinajstić information content (AvgIpc) is 3.04. The van der Waals surface area contributed by atoms with Crippen LogP contribution in [0.4, 0.5) is 5.69 Å². The van der Waals surface area contributed by atoms with Gasteiger partial charge in [0.15, 0.2) is 22.9 Å². The smallest absolute Gasteiger partial charge is 0.269 e. The molecule has 3 aromatic rings. The lowest BCUT2D eigenvalue weighted by atomic mass is 10.2. The first-order valence-corrected chi connectivity index (χ1v) is 9.86. The molecule has 3 rings (SSSR count). The zero-order valence-corrected chi connectivity index (χ0v) is 15.4. The highest BCUT2D eigenvalue weighted by molar-refractivity contribution is 8.14. The number of fused-ring (bicyclic) bond motifs is 1. The van der Waals surface area contributed by atoms with Crippen LogP contribution in [0.1, 0.15) is 23.0 Å². The number of Topliss-reactive ketones (excluding diaryl/α,β-unsaturated/α-hetero) is 1. The van der Waals surface area contributed by atoms with Gasteiger partial charge in [0, 0.05) is 35.1 Å². The van der Waals surface area contributed by atoms with Crippen molar-refractivity contribution in [3.8, 4) is 5.75 Å². The van der Waals surface area contributed by atoms with Crippen molar-refractivity contribution < 1.29 is 27.3 Å². The van der Waals surface area contributed by atoms with Crippen molar-refractivity contribution in [2.45, 2.75) is 18.4 Å². The van der Waals surface area contributed by atoms with E-state index in [1.54, 1.807) is 0 Å². The first kappa shape index (κ1) is 18.9. The summed E-state index contributed by atoms with van der Waals surface area (Å²) in [7, 11) is 1.38. The summed E-state index contributed by atoms with van der Waals surface area (Å²) in [5.41, 5.74) is 0.680. The summed E-state index contributed by atoms with van der Waals surface area (Å²) in [5, 5.41) is 10.8. The van der Waals surface area contributed by atoms with Gasteiger partial charge in [0.25, 0.3) is 14.7 Å². The number of ketones is 1. The topological polar surface area (TPSA) is 117 Å². The summed E-state index contributed by atoms with van der Waals surface area (Å²) in [6, 6.07) is 9.69. The van der Waals surface area contributed by atoms with Crippen molar-refractivity contribution in [2.75, 3.05) is 0 Å². The van der Waals surface area contributed by atoms with Crippen molar-refractivity contribution >= 4 is 42.2 Å². The van der Waals surface area contributed by atoms with E-state index in [4.69, 9.17) is 19.8 Å². The molecule has 10 heteroatoms. The van der Waals surface area contributed by atoms with Gasteiger partial charge in [0.05, 0.1) is 9.82 Å². The number of nitro groups is 1. The maximum absolute atomic E-state index is 11.7. The second kappa shape index (κ2) is 7.01. The summed E-state index contributed by atoms with van der Waals surface area (Å²) in [5.74, 6) is -0.205. The number of carbonyl (C=O) groups excluding carboxylic acids is 1. The van der Waals surface area contributed by atoms with E-state index in [2.05, 4.69) is 0 Å². The number of halogens is 1. The van der Waals surface area contributed by atoms with Crippen LogP contribution in [0.5, 0.6) is 5.75 Å². The molecular formula is C17H12ClNO7S. The zero-order chi connectivity index (χ0) is 19.8. The minimum atomic E-state index is -4.06. The Bertz CT molecular complexity index is 1150. The summed E-state index contributed by atoms with van der Waals surface area (Å²) < 4.78 is 34.6. The number of hydrogen-bond acceptors (Lipinski definition) is 7. The predicted molar refractivity (Wildman–Crippen MR) is 96.7 cm³/mol. The van der Waals surface area contributed by atoms with Crippen LogP contribution >= 0.6 is 10.7 Å². The summed E-state index contributed by atoms with van der Waals surface area (Å²) in [4.78, 5) is 21.6. The standard InChI is InChI=1S/C17H12ClNO7S/c1-10(20)15-8-13-16(27(18,23)24)7-6-14(17(13)26-15)25-9-11-2-4-12(5-3-11)19(21)22/h2-8H,9H2,1H3. The second-order valence-electron chi connectivity index (χ2n) is 5.62. The maximum Gasteiger partial charge on any atom is 0.269 e. The van der Waals surface area contributed by atoms with Crippen LogP contribution in [0.15, 0.2) is 51.8 Å². The van der Waals surface area contributed by atoms with Crippen molar-refractivity contribution in [3.05, 3.63) is 63.9 Å². The number of nitrogens with zero attached hydrogens (tertiary/aromatic N) is 1. The number of non-ortho nitro benzene ring substituents is 1. The Balaban J connectivity index is 1.97. The molecule has 0 unspecified atom stereocenters. The van der Waals surface area contributed by atoms with Gasteiger partial charge in [-0.05, 0) is 35.9 Å². The molecule has 1 aromatic heterocycles. The molecule has 27 heavy (non-hydrogen) atoms. The fourth-order valence-corrected chi connectivity index (χ4v) is 3.50. The molecule has 140 valence electrons. The van der Waals surface area contributed by atoms with E-state index in [1.807, 2.05) is 0 Å². The van der Waals surface area contributed by atoms with Crippen LogP contribution in [0.3, 0.4) is 0 Å². The Kier molecular flexibility index (Phi) is 4.90. The molecule has 2 aromatic carbocycles. The first-order chi connectivity index (χ1) is 12.7. The number of benzene rings is 2. The van der Waals surface area contributed by atoms with Gasteiger partial charge >= 0.3 is 0 Å². The average molecular weight is 410 g/mol. The van der Waals surface area contributed by atoms with Gasteiger partial charge in [-0.2, -0.15) is 0 Å². The van der Waals surface area contributed by atoms with Crippen molar-refractivity contribution in [1.82, 2.24) is 0 Å². The van der Waals surface area contributed by atoms with Crippen LogP contribution in [0.25, 0.3) is 11.0 Å². The number of nitro benzene ring substituents is 1. The van der Waals surface area contributed by atoms with E-state index in [-0.39, 0.29) is 45.5 Å². The highest BCUT2D eigenvalue weighted by atomic mass is 35.7. The Morgan fingerprint density at radius 3 is 2.44 bits per heavy atom. The van der Waals surface area contributed by atoms with Crippen LogP contribution in [-0.4, -0.2) is 19.1 Å². The lowest BCUT2D eigenvalue weighted by Gasteiger charge is -2.08. The lowest BCUT2D eigenvalue weighted by molar-refractivity contribution is -0.384. The molecule has 8 nitrogen and oxygen atoms in total. The van der Waals surface area contributed by atoms with Crippen molar-refractivity contribution in [1.29, 1.82) is 0 Å². The molecule has 0 saturated heterocycles. The molecule has 0 aliphatic heterocycles. The molecule has 0 radical (unpaired) electrons. The molecule has 0 spiro atoms. The minimum Gasteiger partial charge on any atom is -0.485 e. The van der Waals surface area contributed by atoms with Crippen LogP contribution in [-0.2, 0) is 15.7 Å². The number of carbonyl (C=O) groups is 1. The molecule has 0 saturated carbocycles. The number of hydrogen-bond donors (Lipinski definition) is 0. The number of ether oxygens (including phenoxy) is 1. The van der Waals surface area contributed by atoms with Crippen LogP contribution < -0.4 is 4.74 Å². The second-order valence-corrected chi connectivity index (χ2v) is 8.16. The van der Waals surface area contributed by atoms with Crippen LogP contribution in [0.2, 0.25) is 0 Å². The van der Waals surface area contributed by atoms with Gasteiger partial charge in [-0.25, -0.2) is 8.42 Å². The third-order valence-electron chi connectivity index (χ3n) is 3.76. The summed E-state index contributed by atoms with van der Waals surface area (Å²) >= 11 is 0. The lowest BCUT2D eigenvalue weighted by Crippen LogP contribution is -1.98. The molecule has 1 heterocycles. The van der Waals surface area contributed by atoms with Crippen LogP contribution in [0, 0.1) is 10.1 Å². The molecule has 0 atom stereocenters. The predicted octanol–water partition coefficient (Wildman–Crippen LogP) is 4.05. The van der Waals surface area contributed by atoms with Gasteiger partial charge in [-0.15, -0.1) is 0 Å². The normalized spacial score (nSPS) is 11.5. The first-order valence-electron chi connectivity index (χ1n) is 7.55. The SMILES string of the molecule is CC(=O)c1cc2c(S(=O)(=O)Cl)ccc(OCc3ccc([N+](=O)[O-])cc3)c2o1. The third kappa shape index (κ3) is 3.93.